The lowest BCUT2D eigenvalue weighted by molar-refractivity contribution is 0.187. The zero-order chi connectivity index (χ0) is 13.4. The second kappa shape index (κ2) is 5.84. The van der Waals surface area contributed by atoms with Crippen molar-refractivity contribution in [3.8, 4) is 0 Å². The Labute approximate surface area is 134 Å². The summed E-state index contributed by atoms with van der Waals surface area (Å²) in [5, 5.41) is 2.18. The van der Waals surface area contributed by atoms with E-state index in [0.717, 1.165) is 28.3 Å². The van der Waals surface area contributed by atoms with E-state index in [1.165, 1.54) is 15.3 Å². The van der Waals surface area contributed by atoms with Gasteiger partial charge in [0.15, 0.2) is 0 Å². The summed E-state index contributed by atoms with van der Waals surface area (Å²) < 4.78 is 1.78. The minimum atomic E-state index is 0.266. The maximum absolute atomic E-state index is 6.15. The molecule has 6 heteroatoms. The summed E-state index contributed by atoms with van der Waals surface area (Å²) in [7, 11) is 0. The molecule has 1 unspecified atom stereocenters. The molecule has 0 fully saturated rings. The lowest BCUT2D eigenvalue weighted by atomic mass is 10.1. The Morgan fingerprint density at radius 3 is 3.05 bits per heavy atom. The molecule has 0 radical (unpaired) electrons. The highest BCUT2D eigenvalue weighted by atomic mass is 79.9. The Balaban J connectivity index is 1.84. The number of nitrogens with two attached hydrogens (primary N) is 1. The molecule has 0 aromatic carbocycles. The molecule has 0 amide bonds. The zero-order valence-electron chi connectivity index (χ0n) is 10.2. The van der Waals surface area contributed by atoms with Crippen molar-refractivity contribution >= 4 is 50.2 Å². The molecule has 19 heavy (non-hydrogen) atoms. The van der Waals surface area contributed by atoms with E-state index in [-0.39, 0.29) is 6.04 Å². The molecule has 2 aromatic heterocycles. The highest BCUT2D eigenvalue weighted by molar-refractivity contribution is 9.10. The first-order valence-corrected chi connectivity index (χ1v) is 9.00. The van der Waals surface area contributed by atoms with Gasteiger partial charge in [-0.25, -0.2) is 0 Å². The van der Waals surface area contributed by atoms with E-state index in [0.29, 0.717) is 6.54 Å². The van der Waals surface area contributed by atoms with Gasteiger partial charge in [0.05, 0.1) is 6.04 Å². The van der Waals surface area contributed by atoms with E-state index >= 15 is 0 Å². The minimum absolute atomic E-state index is 0.266. The van der Waals surface area contributed by atoms with Crippen LogP contribution in [-0.4, -0.2) is 18.0 Å². The predicted octanol–water partition coefficient (Wildman–Crippen LogP) is 4.28. The number of hydrogen-bond donors (Lipinski definition) is 1. The smallest absolute Gasteiger partial charge is 0.107 e. The zero-order valence-corrected chi connectivity index (χ0v) is 14.2. The van der Waals surface area contributed by atoms with Crippen molar-refractivity contribution in [2.45, 2.75) is 19.0 Å². The predicted molar refractivity (Wildman–Crippen MR) is 87.3 cm³/mol. The Bertz CT molecular complexity index is 561. The van der Waals surface area contributed by atoms with Gasteiger partial charge in [0.25, 0.3) is 0 Å². The quantitative estimate of drug-likeness (QED) is 0.865. The van der Waals surface area contributed by atoms with Gasteiger partial charge in [-0.1, -0.05) is 11.6 Å². The molecule has 2 aromatic rings. The summed E-state index contributed by atoms with van der Waals surface area (Å²) in [6, 6.07) is 4.60. The second-order valence-electron chi connectivity index (χ2n) is 4.61. The van der Waals surface area contributed by atoms with Crippen LogP contribution in [0.3, 0.4) is 0 Å². The minimum Gasteiger partial charge on any atom is -0.329 e. The monoisotopic (exact) mass is 376 g/mol. The Morgan fingerprint density at radius 1 is 1.53 bits per heavy atom. The van der Waals surface area contributed by atoms with E-state index in [2.05, 4.69) is 38.3 Å². The molecule has 1 aliphatic rings. The van der Waals surface area contributed by atoms with Crippen LogP contribution in [0.15, 0.2) is 22.0 Å². The number of halogens is 2. The summed E-state index contributed by atoms with van der Waals surface area (Å²) in [6.45, 7) is 2.69. The Kier molecular flexibility index (Phi) is 4.31. The molecule has 2 nitrogen and oxygen atoms in total. The van der Waals surface area contributed by atoms with E-state index in [4.69, 9.17) is 17.3 Å². The SMILES string of the molecule is NCC(c1cc(Br)c(Cl)s1)N1CCc2sccc2C1. The van der Waals surface area contributed by atoms with Gasteiger partial charge in [0, 0.05) is 33.9 Å². The summed E-state index contributed by atoms with van der Waals surface area (Å²) in [6.07, 6.45) is 1.13. The maximum Gasteiger partial charge on any atom is 0.107 e. The average molecular weight is 378 g/mol. The van der Waals surface area contributed by atoms with Gasteiger partial charge in [-0.05, 0) is 45.4 Å². The molecule has 0 saturated carbocycles. The standard InChI is InChI=1S/C13H14BrClN2S2/c14-9-5-12(19-13(9)15)10(6-16)17-3-1-11-8(7-17)2-4-18-11/h2,4-5,10H,1,3,6-7,16H2. The Morgan fingerprint density at radius 2 is 2.37 bits per heavy atom. The molecular formula is C13H14BrClN2S2. The highest BCUT2D eigenvalue weighted by Gasteiger charge is 2.26. The Hall–Kier alpha value is 0.0900. The van der Waals surface area contributed by atoms with Crippen LogP contribution in [0.1, 0.15) is 21.4 Å². The molecule has 0 spiro atoms. The van der Waals surface area contributed by atoms with E-state index in [1.807, 2.05) is 11.3 Å². The summed E-state index contributed by atoms with van der Waals surface area (Å²) in [5.41, 5.74) is 7.45. The van der Waals surface area contributed by atoms with Crippen LogP contribution >= 0.6 is 50.2 Å². The van der Waals surface area contributed by atoms with Crippen molar-refractivity contribution in [2.75, 3.05) is 13.1 Å². The first kappa shape index (κ1) is 14.0. The lowest BCUT2D eigenvalue weighted by Gasteiger charge is -2.33. The third-order valence-electron chi connectivity index (χ3n) is 3.49. The van der Waals surface area contributed by atoms with Crippen LogP contribution in [0.25, 0.3) is 0 Å². The van der Waals surface area contributed by atoms with Gasteiger partial charge < -0.3 is 5.73 Å². The van der Waals surface area contributed by atoms with Gasteiger partial charge in [-0.15, -0.1) is 22.7 Å². The summed E-state index contributed by atoms with van der Waals surface area (Å²) in [5.74, 6) is 0. The highest BCUT2D eigenvalue weighted by Crippen LogP contribution is 2.38. The molecule has 0 saturated heterocycles. The van der Waals surface area contributed by atoms with Crippen LogP contribution in [0.4, 0.5) is 0 Å². The molecule has 1 atom stereocenters. The van der Waals surface area contributed by atoms with Gasteiger partial charge in [0.2, 0.25) is 0 Å². The first-order chi connectivity index (χ1) is 9.19. The fourth-order valence-corrected chi connectivity index (χ4v) is 5.28. The topological polar surface area (TPSA) is 29.3 Å². The number of fused-ring (bicyclic) bond motifs is 1. The van der Waals surface area contributed by atoms with Crippen molar-refractivity contribution in [3.05, 3.63) is 41.6 Å². The van der Waals surface area contributed by atoms with Crippen molar-refractivity contribution in [3.63, 3.8) is 0 Å². The largest absolute Gasteiger partial charge is 0.329 e. The molecule has 3 heterocycles. The van der Waals surface area contributed by atoms with Crippen molar-refractivity contribution in [2.24, 2.45) is 5.73 Å². The van der Waals surface area contributed by atoms with E-state index in [1.54, 1.807) is 11.3 Å². The van der Waals surface area contributed by atoms with Crippen LogP contribution in [0.5, 0.6) is 0 Å². The van der Waals surface area contributed by atoms with Gasteiger partial charge in [-0.3, -0.25) is 4.90 Å². The van der Waals surface area contributed by atoms with Crippen LogP contribution < -0.4 is 5.73 Å². The first-order valence-electron chi connectivity index (χ1n) is 6.13. The van der Waals surface area contributed by atoms with Crippen LogP contribution in [0.2, 0.25) is 4.34 Å². The normalized spacial score (nSPS) is 17.4. The van der Waals surface area contributed by atoms with Crippen LogP contribution in [0, 0.1) is 0 Å². The molecule has 0 bridgehead atoms. The molecule has 0 aliphatic carbocycles. The van der Waals surface area contributed by atoms with Gasteiger partial charge in [-0.2, -0.15) is 0 Å². The molecule has 2 N–H and O–H groups in total. The third kappa shape index (κ3) is 2.77. The number of hydrogen-bond acceptors (Lipinski definition) is 4. The number of nitrogens with zero attached hydrogens (tertiary/aromatic N) is 1. The van der Waals surface area contributed by atoms with E-state index in [9.17, 15) is 0 Å². The van der Waals surface area contributed by atoms with Gasteiger partial charge in [0.1, 0.15) is 4.34 Å². The van der Waals surface area contributed by atoms with Crippen LogP contribution in [-0.2, 0) is 13.0 Å². The van der Waals surface area contributed by atoms with Gasteiger partial charge >= 0.3 is 0 Å². The van der Waals surface area contributed by atoms with Crippen molar-refractivity contribution < 1.29 is 0 Å². The maximum atomic E-state index is 6.15. The number of thiophene rings is 2. The molecular weight excluding hydrogens is 364 g/mol. The lowest BCUT2D eigenvalue weighted by Crippen LogP contribution is -2.36. The number of rotatable bonds is 3. The fourth-order valence-electron chi connectivity index (χ4n) is 2.51. The van der Waals surface area contributed by atoms with E-state index < -0.39 is 0 Å². The van der Waals surface area contributed by atoms with Crippen molar-refractivity contribution in [1.82, 2.24) is 4.90 Å². The summed E-state index contributed by atoms with van der Waals surface area (Å²) in [4.78, 5) is 5.24. The molecule has 1 aliphatic heterocycles. The molecule has 102 valence electrons. The van der Waals surface area contributed by atoms with Crippen molar-refractivity contribution in [1.29, 1.82) is 0 Å². The summed E-state index contributed by atoms with van der Waals surface area (Å²) >= 11 is 13.1. The fraction of sp³-hybridized carbons (Fsp3) is 0.385. The third-order valence-corrected chi connectivity index (χ3v) is 7.09. The molecule has 3 rings (SSSR count). The average Bonchev–Trinajstić information content (AvgIpc) is 2.98. The second-order valence-corrected chi connectivity index (χ2v) is 8.15.